The molecule has 0 fully saturated rings. The standard InChI is InChI=1S/C70H63BN3O/c1-67(2)34-35-68(3,4)55-38-43(30-33-54(55)67)72-59-39-46(73(44-20-11-9-12-21-44)45-22-13-10-14-23-45)31-32-47(59)53-40-52(50-27-19-26-49-48-24-16-18-29-62(48)75-66(49)50)63-51-25-15-17-28-60(51)74-61-42-57-56(41-58(61)71-64(53)65(63)74)69(5,6)36-37-70(57,7)8/h9-33,38-42,72H,34-37H2,1-8H3. The number of hydrogen-bond acceptors (Lipinski definition) is 3. The summed E-state index contributed by atoms with van der Waals surface area (Å²) >= 11 is 0. The van der Waals surface area contributed by atoms with E-state index < -0.39 is 0 Å². The summed E-state index contributed by atoms with van der Waals surface area (Å²) in [6, 6.07) is 67.6. The lowest BCUT2D eigenvalue weighted by atomic mass is 9.55. The molecule has 75 heavy (non-hydrogen) atoms. The first-order valence-electron chi connectivity index (χ1n) is 27.2. The summed E-state index contributed by atoms with van der Waals surface area (Å²) in [6.07, 6.45) is 4.63. The fourth-order valence-corrected chi connectivity index (χ4v) is 13.5. The Kier molecular flexibility index (Phi) is 10.0. The first kappa shape index (κ1) is 45.8. The molecule has 3 heterocycles. The highest BCUT2D eigenvalue weighted by atomic mass is 16.3. The van der Waals surface area contributed by atoms with E-state index in [1.807, 2.05) is 0 Å². The molecule has 367 valence electrons. The monoisotopic (exact) mass is 973 g/mol. The Morgan fingerprint density at radius 3 is 1.77 bits per heavy atom. The average molecular weight is 973 g/mol. The SMILES string of the molecule is CC1(C)CCC(C)(C)c2cc(Nc3cc(N(c4ccccc4)c4ccccc4)ccc3-c3cc(-c4cccc5c4oc4ccccc45)c4c5ccccc5n5c4c3[B]c3cc4c(cc3-5)C(C)(C)CCC4(C)C)ccc21. The van der Waals surface area contributed by atoms with Crippen molar-refractivity contribution in [3.05, 3.63) is 204 Å². The topological polar surface area (TPSA) is 33.3 Å². The Hall–Kier alpha value is -7.76. The van der Waals surface area contributed by atoms with E-state index in [0.717, 1.165) is 91.9 Å². The van der Waals surface area contributed by atoms with Gasteiger partial charge in [-0.3, -0.25) is 0 Å². The van der Waals surface area contributed by atoms with Crippen LogP contribution in [0, 0.1) is 0 Å². The minimum Gasteiger partial charge on any atom is -0.455 e. The molecule has 0 bridgehead atoms. The largest absolute Gasteiger partial charge is 0.455 e. The summed E-state index contributed by atoms with van der Waals surface area (Å²) in [5.74, 6) is 0. The van der Waals surface area contributed by atoms with Crippen molar-refractivity contribution in [2.24, 2.45) is 0 Å². The molecule has 0 spiro atoms. The van der Waals surface area contributed by atoms with Crippen molar-refractivity contribution in [2.75, 3.05) is 10.2 Å². The third kappa shape index (κ3) is 7.10. The zero-order valence-corrected chi connectivity index (χ0v) is 44.5. The van der Waals surface area contributed by atoms with Crippen molar-refractivity contribution in [3.8, 4) is 27.9 Å². The number of furan rings is 1. The smallest absolute Gasteiger partial charge is 0.197 e. The highest BCUT2D eigenvalue weighted by molar-refractivity contribution is 6.73. The van der Waals surface area contributed by atoms with Crippen molar-refractivity contribution in [2.45, 2.75) is 103 Å². The summed E-state index contributed by atoms with van der Waals surface area (Å²) < 4.78 is 9.57. The molecular formula is C70H63BN3O. The van der Waals surface area contributed by atoms with Gasteiger partial charge in [0.1, 0.15) is 11.2 Å². The van der Waals surface area contributed by atoms with Crippen molar-refractivity contribution in [3.63, 3.8) is 0 Å². The van der Waals surface area contributed by atoms with Crippen LogP contribution in [0.2, 0.25) is 0 Å². The lowest BCUT2D eigenvalue weighted by molar-refractivity contribution is 0.332. The second kappa shape index (κ2) is 16.4. The zero-order valence-electron chi connectivity index (χ0n) is 44.5. The third-order valence-corrected chi connectivity index (χ3v) is 17.9. The van der Waals surface area contributed by atoms with Gasteiger partial charge in [0.05, 0.1) is 5.52 Å². The van der Waals surface area contributed by atoms with Gasteiger partial charge in [-0.25, -0.2) is 0 Å². The molecule has 0 atom stereocenters. The maximum atomic E-state index is 6.96. The normalized spacial score (nSPS) is 16.6. The number of benzene rings is 9. The summed E-state index contributed by atoms with van der Waals surface area (Å²) in [7, 11) is 2.52. The van der Waals surface area contributed by atoms with E-state index in [0.29, 0.717) is 0 Å². The average Bonchev–Trinajstić information content (AvgIpc) is 4.00. The van der Waals surface area contributed by atoms with Crippen LogP contribution in [0.5, 0.6) is 0 Å². The quantitative estimate of drug-likeness (QED) is 0.162. The van der Waals surface area contributed by atoms with Crippen molar-refractivity contribution >= 4 is 90.4 Å². The van der Waals surface area contributed by atoms with Crippen molar-refractivity contribution < 1.29 is 4.42 Å². The van der Waals surface area contributed by atoms with Gasteiger partial charge in [-0.1, -0.05) is 170 Å². The predicted octanol–water partition coefficient (Wildman–Crippen LogP) is 17.9. The molecule has 2 aromatic heterocycles. The van der Waals surface area contributed by atoms with E-state index in [9.17, 15) is 0 Å². The molecule has 5 heteroatoms. The van der Waals surface area contributed by atoms with Gasteiger partial charge in [0.15, 0.2) is 7.28 Å². The zero-order chi connectivity index (χ0) is 51.2. The van der Waals surface area contributed by atoms with Crippen molar-refractivity contribution in [1.82, 2.24) is 4.57 Å². The lowest BCUT2D eigenvalue weighted by Crippen LogP contribution is -2.41. The molecule has 14 rings (SSSR count). The van der Waals surface area contributed by atoms with Gasteiger partial charge in [-0.15, -0.1) is 0 Å². The molecule has 2 aliphatic carbocycles. The highest BCUT2D eigenvalue weighted by Gasteiger charge is 2.40. The van der Waals surface area contributed by atoms with E-state index >= 15 is 0 Å². The summed E-state index contributed by atoms with van der Waals surface area (Å²) in [6.45, 7) is 19.4. The Balaban J connectivity index is 1.09. The van der Waals surface area contributed by atoms with Crippen LogP contribution >= 0.6 is 0 Å². The molecule has 4 nitrogen and oxygen atoms in total. The van der Waals surface area contributed by atoms with Crippen LogP contribution in [0.1, 0.15) is 103 Å². The highest BCUT2D eigenvalue weighted by Crippen LogP contribution is 2.51. The van der Waals surface area contributed by atoms with Gasteiger partial charge in [0.2, 0.25) is 0 Å². The van der Waals surface area contributed by atoms with Gasteiger partial charge in [0.25, 0.3) is 0 Å². The first-order chi connectivity index (χ1) is 36.1. The van der Waals surface area contributed by atoms with Crippen LogP contribution in [0.3, 0.4) is 0 Å². The van der Waals surface area contributed by atoms with E-state index in [1.165, 1.54) is 67.1 Å². The number of nitrogens with zero attached hydrogens (tertiary/aromatic N) is 2. The summed E-state index contributed by atoms with van der Waals surface area (Å²) in [5, 5.41) is 8.89. The molecule has 9 aromatic carbocycles. The predicted molar refractivity (Wildman–Crippen MR) is 319 cm³/mol. The Bertz CT molecular complexity index is 4090. The molecule has 0 saturated carbocycles. The summed E-state index contributed by atoms with van der Waals surface area (Å²) in [5.41, 5.74) is 23.9. The Morgan fingerprint density at radius 2 is 1.07 bits per heavy atom. The minimum absolute atomic E-state index is 0.0452. The van der Waals surface area contributed by atoms with Crippen molar-refractivity contribution in [1.29, 1.82) is 0 Å². The fraction of sp³-hybridized carbons (Fsp3) is 0.229. The maximum Gasteiger partial charge on any atom is 0.197 e. The van der Waals surface area contributed by atoms with E-state index in [-0.39, 0.29) is 21.7 Å². The van der Waals surface area contributed by atoms with Gasteiger partial charge in [0, 0.05) is 72.3 Å². The molecule has 3 aliphatic rings. The van der Waals surface area contributed by atoms with Gasteiger partial charge in [-0.05, 0) is 159 Å². The van der Waals surface area contributed by atoms with Crippen LogP contribution in [0.15, 0.2) is 186 Å². The lowest BCUT2D eigenvalue weighted by Gasteiger charge is -2.43. The van der Waals surface area contributed by atoms with E-state index in [2.05, 4.69) is 259 Å². The maximum absolute atomic E-state index is 6.96. The molecule has 1 N–H and O–H groups in total. The Labute approximate surface area is 442 Å². The molecule has 1 radical (unpaired) electrons. The van der Waals surface area contributed by atoms with Crippen LogP contribution in [-0.4, -0.2) is 11.8 Å². The fourth-order valence-electron chi connectivity index (χ4n) is 13.5. The molecule has 0 amide bonds. The third-order valence-electron chi connectivity index (χ3n) is 17.9. The second-order valence-corrected chi connectivity index (χ2v) is 24.5. The van der Waals surface area contributed by atoms with Crippen LogP contribution in [0.25, 0.3) is 71.7 Å². The summed E-state index contributed by atoms with van der Waals surface area (Å²) in [4.78, 5) is 2.38. The molecule has 0 unspecified atom stereocenters. The molecule has 1 aliphatic heterocycles. The molecule has 11 aromatic rings. The van der Waals surface area contributed by atoms with Crippen LogP contribution in [-0.2, 0) is 21.7 Å². The first-order valence-corrected chi connectivity index (χ1v) is 27.2. The number of fused-ring (bicyclic) bond motifs is 10. The van der Waals surface area contributed by atoms with Gasteiger partial charge < -0.3 is 19.2 Å². The van der Waals surface area contributed by atoms with Crippen LogP contribution in [0.4, 0.5) is 28.4 Å². The number of nitrogens with one attached hydrogen (secondary N) is 1. The minimum atomic E-state index is 0.0452. The number of aromatic nitrogens is 1. The van der Waals surface area contributed by atoms with Gasteiger partial charge >= 0.3 is 0 Å². The van der Waals surface area contributed by atoms with Gasteiger partial charge in [-0.2, -0.15) is 0 Å². The Morgan fingerprint density at radius 1 is 0.467 bits per heavy atom. The van der Waals surface area contributed by atoms with Crippen LogP contribution < -0.4 is 21.1 Å². The van der Waals surface area contributed by atoms with E-state index in [1.54, 1.807) is 0 Å². The number of para-hydroxylation sites is 5. The number of anilines is 5. The number of hydrogen-bond donors (Lipinski definition) is 1. The number of rotatable bonds is 7. The van der Waals surface area contributed by atoms with E-state index in [4.69, 9.17) is 4.42 Å². The second-order valence-electron chi connectivity index (χ2n) is 24.5. The molecular weight excluding hydrogens is 910 g/mol. The molecule has 0 saturated heterocycles.